The maximum Gasteiger partial charge on any atom is 0.319 e. The van der Waals surface area contributed by atoms with Gasteiger partial charge < -0.3 is 19.8 Å². The van der Waals surface area contributed by atoms with Crippen LogP contribution in [-0.4, -0.2) is 29.4 Å². The van der Waals surface area contributed by atoms with E-state index >= 15 is 0 Å². The van der Waals surface area contributed by atoms with Crippen LogP contribution in [0.2, 0.25) is 0 Å². The van der Waals surface area contributed by atoms with Crippen LogP contribution in [0.1, 0.15) is 11.1 Å². The van der Waals surface area contributed by atoms with Crippen LogP contribution >= 0.6 is 0 Å². The van der Waals surface area contributed by atoms with Gasteiger partial charge in [-0.2, -0.15) is 0 Å². The zero-order valence-corrected chi connectivity index (χ0v) is 14.7. The minimum atomic E-state index is -0.276. The van der Waals surface area contributed by atoms with Crippen molar-refractivity contribution >= 4 is 11.7 Å². The van der Waals surface area contributed by atoms with E-state index < -0.39 is 0 Å². The molecule has 0 aliphatic carbocycles. The fraction of sp³-hybridized carbons (Fsp3) is 0.211. The lowest BCUT2D eigenvalue weighted by molar-refractivity contribution is 0.246. The molecule has 0 saturated heterocycles. The van der Waals surface area contributed by atoms with E-state index in [1.807, 2.05) is 38.1 Å². The van der Waals surface area contributed by atoms with Crippen LogP contribution in [0.25, 0.3) is 11.5 Å². The molecule has 134 valence electrons. The summed E-state index contributed by atoms with van der Waals surface area (Å²) >= 11 is 0. The molecule has 3 aromatic rings. The number of urea groups is 1. The molecule has 2 amide bonds. The van der Waals surface area contributed by atoms with Gasteiger partial charge in [-0.15, -0.1) is 10.2 Å². The number of carbonyl (C=O) groups excluding carboxylic acids is 1. The van der Waals surface area contributed by atoms with E-state index in [0.29, 0.717) is 23.9 Å². The Hall–Kier alpha value is -3.35. The molecule has 0 aliphatic heterocycles. The molecule has 0 atom stereocenters. The van der Waals surface area contributed by atoms with Gasteiger partial charge in [0.2, 0.25) is 5.88 Å². The fourth-order valence-corrected chi connectivity index (χ4v) is 2.33. The van der Waals surface area contributed by atoms with Crippen LogP contribution in [0.15, 0.2) is 53.1 Å². The molecule has 2 heterocycles. The van der Waals surface area contributed by atoms with Crippen LogP contribution in [0, 0.1) is 13.8 Å². The Morgan fingerprint density at radius 3 is 2.73 bits per heavy atom. The fourth-order valence-electron chi connectivity index (χ4n) is 2.33. The van der Waals surface area contributed by atoms with Crippen LogP contribution < -0.4 is 15.4 Å². The predicted molar refractivity (Wildman–Crippen MR) is 98.2 cm³/mol. The van der Waals surface area contributed by atoms with Crippen molar-refractivity contribution in [2.75, 3.05) is 18.5 Å². The summed E-state index contributed by atoms with van der Waals surface area (Å²) in [7, 11) is 0. The summed E-state index contributed by atoms with van der Waals surface area (Å²) in [6.45, 7) is 4.61. The summed E-state index contributed by atoms with van der Waals surface area (Å²) in [4.78, 5) is 11.9. The van der Waals surface area contributed by atoms with Gasteiger partial charge in [0.15, 0.2) is 5.76 Å². The molecule has 7 nitrogen and oxygen atoms in total. The van der Waals surface area contributed by atoms with Crippen LogP contribution in [0.4, 0.5) is 10.5 Å². The van der Waals surface area contributed by atoms with E-state index in [2.05, 4.69) is 20.8 Å². The molecule has 3 rings (SSSR count). The van der Waals surface area contributed by atoms with Crippen LogP contribution in [-0.2, 0) is 0 Å². The molecule has 2 N–H and O–H groups in total. The first-order valence-corrected chi connectivity index (χ1v) is 8.25. The van der Waals surface area contributed by atoms with Crippen molar-refractivity contribution in [1.29, 1.82) is 0 Å². The Morgan fingerprint density at radius 2 is 2.00 bits per heavy atom. The Balaban J connectivity index is 1.42. The highest BCUT2D eigenvalue weighted by Crippen LogP contribution is 2.18. The zero-order chi connectivity index (χ0) is 18.4. The van der Waals surface area contributed by atoms with Crippen molar-refractivity contribution in [3.8, 4) is 17.3 Å². The van der Waals surface area contributed by atoms with E-state index in [9.17, 15) is 4.79 Å². The second-order valence-electron chi connectivity index (χ2n) is 5.71. The van der Waals surface area contributed by atoms with E-state index in [4.69, 9.17) is 9.15 Å². The molecule has 0 saturated carbocycles. The number of anilines is 1. The maximum atomic E-state index is 11.9. The number of hydrogen-bond acceptors (Lipinski definition) is 5. The summed E-state index contributed by atoms with van der Waals surface area (Å²) in [5, 5.41) is 13.6. The Kier molecular flexibility index (Phi) is 5.48. The van der Waals surface area contributed by atoms with Crippen molar-refractivity contribution < 1.29 is 13.9 Å². The lowest BCUT2D eigenvalue weighted by Crippen LogP contribution is -2.32. The number of hydrogen-bond donors (Lipinski definition) is 2. The van der Waals surface area contributed by atoms with E-state index in [-0.39, 0.29) is 12.6 Å². The lowest BCUT2D eigenvalue weighted by atomic mass is 10.1. The quantitative estimate of drug-likeness (QED) is 0.662. The number of rotatable bonds is 6. The first kappa shape index (κ1) is 17.5. The number of aromatic nitrogens is 2. The number of ether oxygens (including phenoxy) is 1. The molecule has 0 unspecified atom stereocenters. The Labute approximate surface area is 151 Å². The Morgan fingerprint density at radius 1 is 1.12 bits per heavy atom. The topological polar surface area (TPSA) is 89.3 Å². The maximum absolute atomic E-state index is 11.9. The number of furan rings is 1. The number of amides is 2. The number of nitrogens with one attached hydrogen (secondary N) is 2. The summed E-state index contributed by atoms with van der Waals surface area (Å²) in [6.07, 6.45) is 1.58. The van der Waals surface area contributed by atoms with E-state index in [1.165, 1.54) is 0 Å². The Bertz CT molecular complexity index is 861. The highest BCUT2D eigenvalue weighted by Gasteiger charge is 2.06. The monoisotopic (exact) mass is 352 g/mol. The first-order valence-electron chi connectivity index (χ1n) is 8.25. The molecule has 0 bridgehead atoms. The number of aryl methyl sites for hydroxylation is 1. The van der Waals surface area contributed by atoms with Crippen LogP contribution in [0.5, 0.6) is 5.88 Å². The van der Waals surface area contributed by atoms with Crippen molar-refractivity contribution in [3.05, 3.63) is 59.9 Å². The van der Waals surface area contributed by atoms with Gasteiger partial charge in [-0.3, -0.25) is 0 Å². The molecule has 26 heavy (non-hydrogen) atoms. The van der Waals surface area contributed by atoms with Gasteiger partial charge in [-0.05, 0) is 49.2 Å². The van der Waals surface area contributed by atoms with Gasteiger partial charge in [0.25, 0.3) is 0 Å². The summed E-state index contributed by atoms with van der Waals surface area (Å²) in [5.74, 6) is 1.03. The molecular formula is C19H20N4O3. The average Bonchev–Trinajstić information content (AvgIpc) is 3.18. The van der Waals surface area contributed by atoms with Gasteiger partial charge >= 0.3 is 6.03 Å². The van der Waals surface area contributed by atoms with Crippen molar-refractivity contribution in [2.24, 2.45) is 0 Å². The molecule has 7 heteroatoms. The molecular weight excluding hydrogens is 332 g/mol. The average molecular weight is 352 g/mol. The smallest absolute Gasteiger partial charge is 0.319 e. The van der Waals surface area contributed by atoms with Gasteiger partial charge in [-0.25, -0.2) is 4.79 Å². The van der Waals surface area contributed by atoms with E-state index in [1.54, 1.807) is 24.5 Å². The van der Waals surface area contributed by atoms with Gasteiger partial charge in [-0.1, -0.05) is 12.1 Å². The summed E-state index contributed by atoms with van der Waals surface area (Å²) in [5.41, 5.74) is 3.60. The molecule has 0 fully saturated rings. The van der Waals surface area contributed by atoms with Crippen molar-refractivity contribution in [2.45, 2.75) is 13.8 Å². The summed E-state index contributed by atoms with van der Waals surface area (Å²) in [6, 6.07) is 12.6. The molecule has 0 aliphatic rings. The highest BCUT2D eigenvalue weighted by atomic mass is 16.5. The minimum Gasteiger partial charge on any atom is -0.475 e. The summed E-state index contributed by atoms with van der Waals surface area (Å²) < 4.78 is 10.7. The van der Waals surface area contributed by atoms with Crippen molar-refractivity contribution in [1.82, 2.24) is 15.5 Å². The SMILES string of the molecule is Cc1cccc(NC(=O)NCCOc2ccc(-c3ccco3)nn2)c1C. The molecule has 1 aromatic carbocycles. The number of nitrogens with zero attached hydrogens (tertiary/aromatic N) is 2. The van der Waals surface area contributed by atoms with E-state index in [0.717, 1.165) is 16.8 Å². The van der Waals surface area contributed by atoms with Gasteiger partial charge in [0, 0.05) is 11.8 Å². The lowest BCUT2D eigenvalue weighted by Gasteiger charge is -2.11. The zero-order valence-electron chi connectivity index (χ0n) is 14.7. The molecule has 2 aromatic heterocycles. The third kappa shape index (κ3) is 4.38. The predicted octanol–water partition coefficient (Wildman–Crippen LogP) is 3.55. The second kappa shape index (κ2) is 8.15. The largest absolute Gasteiger partial charge is 0.475 e. The minimum absolute atomic E-state index is 0.276. The third-order valence-corrected chi connectivity index (χ3v) is 3.90. The first-order chi connectivity index (χ1) is 12.6. The second-order valence-corrected chi connectivity index (χ2v) is 5.71. The molecule has 0 spiro atoms. The standard InChI is InChI=1S/C19H20N4O3/c1-13-5-3-6-15(14(13)2)21-19(24)20-10-12-26-18-9-8-16(22-23-18)17-7-4-11-25-17/h3-9,11H,10,12H2,1-2H3,(H2,20,21,24). The third-order valence-electron chi connectivity index (χ3n) is 3.90. The van der Waals surface area contributed by atoms with Gasteiger partial charge in [0.1, 0.15) is 12.3 Å². The molecule has 0 radical (unpaired) electrons. The number of benzene rings is 1. The van der Waals surface area contributed by atoms with Gasteiger partial charge in [0.05, 0.1) is 12.8 Å². The highest BCUT2D eigenvalue weighted by molar-refractivity contribution is 5.90. The van der Waals surface area contributed by atoms with Crippen LogP contribution in [0.3, 0.4) is 0 Å². The van der Waals surface area contributed by atoms with Crippen molar-refractivity contribution in [3.63, 3.8) is 0 Å². The normalized spacial score (nSPS) is 10.4. The number of carbonyl (C=O) groups is 1.